The van der Waals surface area contributed by atoms with Crippen LogP contribution >= 0.6 is 11.3 Å². The van der Waals surface area contributed by atoms with E-state index in [0.717, 1.165) is 21.2 Å². The molecule has 222 valence electrons. The number of ether oxygens (including phenoxy) is 1. The fourth-order valence-electron chi connectivity index (χ4n) is 5.46. The van der Waals surface area contributed by atoms with Crippen LogP contribution in [0, 0.1) is 18.3 Å². The van der Waals surface area contributed by atoms with Gasteiger partial charge in [0.25, 0.3) is 15.6 Å². The number of piperidine rings is 1. The first-order chi connectivity index (χ1) is 20.5. The van der Waals surface area contributed by atoms with Crippen LogP contribution in [-0.4, -0.2) is 77.6 Å². The first-order valence-corrected chi connectivity index (χ1v) is 15.9. The summed E-state index contributed by atoms with van der Waals surface area (Å²) < 4.78 is 33.7. The molecule has 14 heteroatoms. The van der Waals surface area contributed by atoms with Crippen LogP contribution in [0.5, 0.6) is 0 Å². The minimum atomic E-state index is -3.68. The summed E-state index contributed by atoms with van der Waals surface area (Å²) in [7, 11) is -0.745. The van der Waals surface area contributed by atoms with Crippen molar-refractivity contribution in [3.63, 3.8) is 0 Å². The van der Waals surface area contributed by atoms with Gasteiger partial charge in [-0.25, -0.2) is 27.5 Å². The predicted molar refractivity (Wildman–Crippen MR) is 161 cm³/mol. The van der Waals surface area contributed by atoms with E-state index in [1.807, 2.05) is 12.1 Å². The number of nitriles is 1. The lowest BCUT2D eigenvalue weighted by Crippen LogP contribution is -2.45. The zero-order valence-corrected chi connectivity index (χ0v) is 25.4. The monoisotopic (exact) mass is 619 g/mol. The highest BCUT2D eigenvalue weighted by Crippen LogP contribution is 2.37. The third-order valence-electron chi connectivity index (χ3n) is 7.87. The van der Waals surface area contributed by atoms with Crippen molar-refractivity contribution in [2.45, 2.75) is 42.6 Å². The number of aromatic nitrogens is 3. The third-order valence-corrected chi connectivity index (χ3v) is 11.1. The van der Waals surface area contributed by atoms with Crippen LogP contribution < -0.4 is 10.9 Å². The van der Waals surface area contributed by atoms with E-state index in [9.17, 15) is 18.0 Å². The minimum absolute atomic E-state index is 0.0174. The number of hydrogen-bond acceptors (Lipinski definition) is 10. The van der Waals surface area contributed by atoms with Gasteiger partial charge in [0.1, 0.15) is 17.4 Å². The molecular weight excluding hydrogens is 590 g/mol. The number of carbonyl (C=O) groups is 1. The molecule has 2 atom stereocenters. The molecule has 0 spiro atoms. The Kier molecular flexibility index (Phi) is 7.41. The molecule has 0 bridgehead atoms. The van der Waals surface area contributed by atoms with Gasteiger partial charge in [-0.2, -0.15) is 5.26 Å². The number of amides is 1. The highest BCUT2D eigenvalue weighted by atomic mass is 32.2. The number of rotatable bonds is 7. The molecule has 0 saturated carbocycles. The number of cyclic esters (lactones) is 1. The SMILES string of the molecule is Cc1nc2cc(-c3ncc(S(=O)(=O)N(C)C)s3)c(N[C@H]3CCN4C(=O)OC[C@@H]4C3)cc2c(=O)n1Cc1ccc(C#N)cc1. The second-order valence-corrected chi connectivity index (χ2v) is 14.2. The van der Waals surface area contributed by atoms with Crippen LogP contribution in [0.2, 0.25) is 0 Å². The standard InChI is InChI=1S/C29H29N7O5S2/c1-17-32-25-11-22(27-31-14-26(42-27)43(39,40)34(2)3)24(33-20-8-9-35-21(10-20)16-41-29(35)38)12-23(25)28(37)36(17)15-19-6-4-18(13-30)5-7-19/h4-7,11-12,14,20-21,33H,8-10,15-16H2,1-3H3/t20-,21-/m0/s1. The van der Waals surface area contributed by atoms with E-state index in [1.165, 1.54) is 20.3 Å². The average molecular weight is 620 g/mol. The van der Waals surface area contributed by atoms with E-state index in [0.29, 0.717) is 64.5 Å². The Hall–Kier alpha value is -4.32. The molecule has 12 nitrogen and oxygen atoms in total. The Morgan fingerprint density at radius 2 is 1.98 bits per heavy atom. The maximum atomic E-state index is 13.8. The fraction of sp³-hybridized carbons (Fsp3) is 0.345. The molecule has 6 rings (SSSR count). The van der Waals surface area contributed by atoms with Gasteiger partial charge in [0.2, 0.25) is 0 Å². The van der Waals surface area contributed by atoms with Crippen LogP contribution in [0.15, 0.2) is 51.6 Å². The summed E-state index contributed by atoms with van der Waals surface area (Å²) >= 11 is 1.05. The lowest BCUT2D eigenvalue weighted by atomic mass is 9.97. The van der Waals surface area contributed by atoms with Gasteiger partial charge in [-0.15, -0.1) is 11.3 Å². The maximum Gasteiger partial charge on any atom is 0.410 e. The van der Waals surface area contributed by atoms with Crippen molar-refractivity contribution in [3.05, 3.63) is 69.9 Å². The summed E-state index contributed by atoms with van der Waals surface area (Å²) in [6.07, 6.45) is 2.39. The summed E-state index contributed by atoms with van der Waals surface area (Å²) in [6, 6.07) is 12.6. The molecule has 2 aromatic carbocycles. The lowest BCUT2D eigenvalue weighted by Gasteiger charge is -2.33. The molecule has 0 radical (unpaired) electrons. The van der Waals surface area contributed by atoms with Crippen LogP contribution in [0.1, 0.15) is 29.8 Å². The summed E-state index contributed by atoms with van der Waals surface area (Å²) in [5.41, 5.74) is 2.91. The second kappa shape index (κ2) is 11.1. The van der Waals surface area contributed by atoms with Crippen molar-refractivity contribution in [1.82, 2.24) is 23.7 Å². The topological polar surface area (TPSA) is 151 Å². The molecule has 2 saturated heterocycles. The molecule has 2 aliphatic rings. The number of nitrogens with zero attached hydrogens (tertiary/aromatic N) is 6. The fourth-order valence-corrected chi connectivity index (χ4v) is 7.79. The van der Waals surface area contributed by atoms with Crippen molar-refractivity contribution in [3.8, 4) is 16.6 Å². The second-order valence-electron chi connectivity index (χ2n) is 10.8. The van der Waals surface area contributed by atoms with Crippen LogP contribution in [0.25, 0.3) is 21.5 Å². The number of fused-ring (bicyclic) bond motifs is 2. The van der Waals surface area contributed by atoms with E-state index in [1.54, 1.807) is 40.7 Å². The van der Waals surface area contributed by atoms with Gasteiger partial charge in [-0.3, -0.25) is 9.36 Å². The number of thiazole rings is 1. The minimum Gasteiger partial charge on any atom is -0.447 e. The molecule has 43 heavy (non-hydrogen) atoms. The van der Waals surface area contributed by atoms with Crippen molar-refractivity contribution in [2.75, 3.05) is 32.6 Å². The van der Waals surface area contributed by atoms with Crippen molar-refractivity contribution < 1.29 is 17.9 Å². The normalized spacial score (nSPS) is 18.5. The number of benzene rings is 2. The molecule has 2 fully saturated rings. The molecule has 0 aliphatic carbocycles. The number of hydrogen-bond donors (Lipinski definition) is 1. The van der Waals surface area contributed by atoms with E-state index >= 15 is 0 Å². The van der Waals surface area contributed by atoms with Gasteiger partial charge < -0.3 is 15.0 Å². The maximum absolute atomic E-state index is 13.8. The number of nitrogens with one attached hydrogen (secondary N) is 1. The molecule has 4 heterocycles. The summed E-state index contributed by atoms with van der Waals surface area (Å²) in [6.45, 7) is 2.93. The number of aryl methyl sites for hydroxylation is 1. The Morgan fingerprint density at radius 1 is 1.21 bits per heavy atom. The molecule has 2 aliphatic heterocycles. The Bertz CT molecular complexity index is 1940. The zero-order chi connectivity index (χ0) is 30.5. The van der Waals surface area contributed by atoms with Gasteiger partial charge in [-0.1, -0.05) is 12.1 Å². The van der Waals surface area contributed by atoms with Crippen molar-refractivity contribution >= 4 is 44.0 Å². The van der Waals surface area contributed by atoms with Gasteiger partial charge in [0, 0.05) is 37.9 Å². The van der Waals surface area contributed by atoms with E-state index in [-0.39, 0.29) is 34.5 Å². The number of sulfonamides is 1. The molecule has 1 amide bonds. The van der Waals surface area contributed by atoms with E-state index in [4.69, 9.17) is 15.0 Å². The Labute approximate surface area is 252 Å². The van der Waals surface area contributed by atoms with Crippen LogP contribution in [-0.2, 0) is 21.3 Å². The predicted octanol–water partition coefficient (Wildman–Crippen LogP) is 3.39. The van der Waals surface area contributed by atoms with Crippen molar-refractivity contribution in [1.29, 1.82) is 5.26 Å². The molecule has 1 N–H and O–H groups in total. The highest BCUT2D eigenvalue weighted by molar-refractivity contribution is 7.91. The molecular formula is C29H29N7O5S2. The van der Waals surface area contributed by atoms with Gasteiger partial charge in [-0.05, 0) is 49.6 Å². The lowest BCUT2D eigenvalue weighted by molar-refractivity contribution is 0.153. The highest BCUT2D eigenvalue weighted by Gasteiger charge is 2.38. The zero-order valence-electron chi connectivity index (χ0n) is 23.8. The van der Waals surface area contributed by atoms with Crippen molar-refractivity contribution in [2.24, 2.45) is 0 Å². The Morgan fingerprint density at radius 3 is 2.70 bits per heavy atom. The van der Waals surface area contributed by atoms with E-state index in [2.05, 4.69) is 16.4 Å². The summed E-state index contributed by atoms with van der Waals surface area (Å²) in [4.78, 5) is 36.8. The summed E-state index contributed by atoms with van der Waals surface area (Å²) in [5, 5.41) is 13.6. The molecule has 0 unspecified atom stereocenters. The third kappa shape index (κ3) is 5.35. The van der Waals surface area contributed by atoms with E-state index < -0.39 is 10.0 Å². The smallest absolute Gasteiger partial charge is 0.410 e. The van der Waals surface area contributed by atoms with Gasteiger partial charge in [0.05, 0.1) is 41.3 Å². The number of carbonyl (C=O) groups excluding carboxylic acids is 1. The summed E-state index contributed by atoms with van der Waals surface area (Å²) in [5.74, 6) is 0.516. The first kappa shape index (κ1) is 28.8. The largest absolute Gasteiger partial charge is 0.447 e. The van der Waals surface area contributed by atoms with Crippen LogP contribution in [0.3, 0.4) is 0 Å². The Balaban J connectivity index is 1.43. The van der Waals surface area contributed by atoms with Crippen LogP contribution in [0.4, 0.5) is 10.5 Å². The molecule has 4 aromatic rings. The quantitative estimate of drug-likeness (QED) is 0.328. The van der Waals surface area contributed by atoms with Gasteiger partial charge in [0.15, 0.2) is 4.21 Å². The van der Waals surface area contributed by atoms with Gasteiger partial charge >= 0.3 is 6.09 Å². The first-order valence-electron chi connectivity index (χ1n) is 13.7. The average Bonchev–Trinajstić information content (AvgIpc) is 3.63. The number of anilines is 1. The molecule has 2 aromatic heterocycles.